The van der Waals surface area contributed by atoms with Crippen molar-refractivity contribution in [3.63, 3.8) is 0 Å². The molecule has 0 saturated carbocycles. The third-order valence-electron chi connectivity index (χ3n) is 3.13. The predicted molar refractivity (Wildman–Crippen MR) is 78.8 cm³/mol. The fourth-order valence-electron chi connectivity index (χ4n) is 2.33. The zero-order valence-electron chi connectivity index (χ0n) is 10.7. The minimum absolute atomic E-state index is 0.0161. The van der Waals surface area contributed by atoms with Gasteiger partial charge in [0, 0.05) is 16.2 Å². The number of rotatable bonds is 1. The quantitative estimate of drug-likeness (QED) is 0.785. The van der Waals surface area contributed by atoms with Crippen LogP contribution in [-0.2, 0) is 4.74 Å². The normalized spacial score (nSPS) is 17.4. The van der Waals surface area contributed by atoms with Crippen molar-refractivity contribution < 1.29 is 4.74 Å². The van der Waals surface area contributed by atoms with Gasteiger partial charge in [0.1, 0.15) is 11.8 Å². The molecule has 0 fully saturated rings. The van der Waals surface area contributed by atoms with Crippen LogP contribution in [0.25, 0.3) is 0 Å². The maximum atomic E-state index is 5.89. The Morgan fingerprint density at radius 1 is 1.26 bits per heavy atom. The van der Waals surface area contributed by atoms with Gasteiger partial charge in [-0.1, -0.05) is 22.0 Å². The number of nitrogens with zero attached hydrogens (tertiary/aromatic N) is 2. The smallest absolute Gasteiger partial charge is 0.241 e. The predicted octanol–water partition coefficient (Wildman–Crippen LogP) is 4.32. The summed E-state index contributed by atoms with van der Waals surface area (Å²) in [5.41, 5.74) is 4.03. The lowest BCUT2D eigenvalue weighted by Crippen LogP contribution is -2.16. The maximum absolute atomic E-state index is 5.89. The molecule has 0 saturated heterocycles. The van der Waals surface area contributed by atoms with Crippen LogP contribution in [0.3, 0.4) is 0 Å². The first-order chi connectivity index (χ1) is 9.15. The minimum Gasteiger partial charge on any atom is -0.468 e. The van der Waals surface area contributed by atoms with Gasteiger partial charge in [0.2, 0.25) is 5.90 Å². The molecule has 1 aliphatic rings. The average Bonchev–Trinajstić information content (AvgIpc) is 2.38. The standard InChI is InChI=1S/C15H13BrN2O/c1-9-7-11(16)8-13-14(9)10(2)19-15(18-13)12-5-3-4-6-17-12/h3-8,10H,1-2H3. The molecule has 0 N–H and O–H groups in total. The summed E-state index contributed by atoms with van der Waals surface area (Å²) in [6.45, 7) is 4.11. The van der Waals surface area contributed by atoms with Crippen LogP contribution >= 0.6 is 15.9 Å². The van der Waals surface area contributed by atoms with E-state index in [1.165, 1.54) is 5.56 Å². The molecular weight excluding hydrogens is 304 g/mol. The van der Waals surface area contributed by atoms with E-state index in [1.807, 2.05) is 31.2 Å². The van der Waals surface area contributed by atoms with Crippen molar-refractivity contribution in [2.75, 3.05) is 0 Å². The van der Waals surface area contributed by atoms with E-state index in [-0.39, 0.29) is 6.10 Å². The zero-order valence-corrected chi connectivity index (χ0v) is 12.3. The van der Waals surface area contributed by atoms with Gasteiger partial charge in [0.25, 0.3) is 0 Å². The molecule has 96 valence electrons. The second kappa shape index (κ2) is 4.78. The molecule has 0 spiro atoms. The second-order valence-corrected chi connectivity index (χ2v) is 5.46. The Hall–Kier alpha value is -1.68. The number of aryl methyl sites for hydroxylation is 1. The van der Waals surface area contributed by atoms with Gasteiger partial charge in [0.05, 0.1) is 5.69 Å². The number of fused-ring (bicyclic) bond motifs is 1. The molecule has 19 heavy (non-hydrogen) atoms. The van der Waals surface area contributed by atoms with Gasteiger partial charge in [-0.25, -0.2) is 4.99 Å². The molecule has 1 aromatic carbocycles. The van der Waals surface area contributed by atoms with Crippen molar-refractivity contribution in [3.8, 4) is 0 Å². The monoisotopic (exact) mass is 316 g/mol. The maximum Gasteiger partial charge on any atom is 0.241 e. The highest BCUT2D eigenvalue weighted by molar-refractivity contribution is 9.10. The number of halogens is 1. The Morgan fingerprint density at radius 3 is 2.84 bits per heavy atom. The molecule has 1 unspecified atom stereocenters. The van der Waals surface area contributed by atoms with Crippen molar-refractivity contribution in [1.29, 1.82) is 0 Å². The SMILES string of the molecule is Cc1cc(Br)cc2c1C(C)OC(c1ccccn1)=N2. The number of hydrogen-bond donors (Lipinski definition) is 0. The molecule has 2 heterocycles. The Bertz CT molecular complexity index is 653. The second-order valence-electron chi connectivity index (χ2n) is 4.55. The van der Waals surface area contributed by atoms with Crippen LogP contribution in [0, 0.1) is 6.92 Å². The molecular formula is C15H13BrN2O. The van der Waals surface area contributed by atoms with E-state index in [0.29, 0.717) is 5.90 Å². The van der Waals surface area contributed by atoms with Crippen LogP contribution in [0.5, 0.6) is 0 Å². The summed E-state index contributed by atoms with van der Waals surface area (Å²) in [6.07, 6.45) is 1.73. The Balaban J connectivity index is 2.14. The lowest BCUT2D eigenvalue weighted by molar-refractivity contribution is 0.207. The van der Waals surface area contributed by atoms with Gasteiger partial charge in [-0.05, 0) is 43.7 Å². The third kappa shape index (κ3) is 2.28. The summed E-state index contributed by atoms with van der Waals surface area (Å²) >= 11 is 3.51. The first-order valence-electron chi connectivity index (χ1n) is 6.12. The van der Waals surface area contributed by atoms with E-state index in [2.05, 4.69) is 38.9 Å². The highest BCUT2D eigenvalue weighted by atomic mass is 79.9. The van der Waals surface area contributed by atoms with Crippen LogP contribution in [0.1, 0.15) is 29.8 Å². The number of aliphatic imine (C=N–C) groups is 1. The molecule has 1 atom stereocenters. The highest BCUT2D eigenvalue weighted by Crippen LogP contribution is 2.38. The van der Waals surface area contributed by atoms with Crippen LogP contribution in [0.15, 0.2) is 46.0 Å². The summed E-state index contributed by atoms with van der Waals surface area (Å²) in [5, 5.41) is 0. The van der Waals surface area contributed by atoms with Gasteiger partial charge >= 0.3 is 0 Å². The lowest BCUT2D eigenvalue weighted by Gasteiger charge is -2.24. The molecule has 0 bridgehead atoms. The third-order valence-corrected chi connectivity index (χ3v) is 3.59. The zero-order chi connectivity index (χ0) is 13.4. The van der Waals surface area contributed by atoms with Gasteiger partial charge in [-0.15, -0.1) is 0 Å². The molecule has 0 amide bonds. The number of ether oxygens (including phenoxy) is 1. The van der Waals surface area contributed by atoms with Crippen molar-refractivity contribution in [1.82, 2.24) is 4.98 Å². The van der Waals surface area contributed by atoms with Gasteiger partial charge in [-0.3, -0.25) is 4.98 Å². The number of aromatic nitrogens is 1. The van der Waals surface area contributed by atoms with E-state index in [9.17, 15) is 0 Å². The molecule has 0 radical (unpaired) electrons. The molecule has 2 aromatic rings. The molecule has 4 heteroatoms. The van der Waals surface area contributed by atoms with E-state index < -0.39 is 0 Å². The first kappa shape index (κ1) is 12.4. The molecule has 3 rings (SSSR count). The Labute approximate surface area is 120 Å². The fraction of sp³-hybridized carbons (Fsp3) is 0.200. The Kier molecular flexibility index (Phi) is 3.11. The summed E-state index contributed by atoms with van der Waals surface area (Å²) in [4.78, 5) is 8.88. The number of benzene rings is 1. The number of hydrogen-bond acceptors (Lipinski definition) is 3. The highest BCUT2D eigenvalue weighted by Gasteiger charge is 2.23. The van der Waals surface area contributed by atoms with Crippen molar-refractivity contribution in [2.24, 2.45) is 4.99 Å². The average molecular weight is 317 g/mol. The summed E-state index contributed by atoms with van der Waals surface area (Å²) in [6, 6.07) is 9.82. The van der Waals surface area contributed by atoms with Crippen LogP contribution in [-0.4, -0.2) is 10.9 Å². The largest absolute Gasteiger partial charge is 0.468 e. The van der Waals surface area contributed by atoms with Crippen molar-refractivity contribution in [2.45, 2.75) is 20.0 Å². The van der Waals surface area contributed by atoms with Crippen LogP contribution in [0.4, 0.5) is 5.69 Å². The van der Waals surface area contributed by atoms with E-state index in [0.717, 1.165) is 21.4 Å². The van der Waals surface area contributed by atoms with E-state index in [1.54, 1.807) is 6.20 Å². The lowest BCUT2D eigenvalue weighted by atomic mass is 10.0. The van der Waals surface area contributed by atoms with Crippen LogP contribution < -0.4 is 0 Å². The molecule has 1 aliphatic heterocycles. The topological polar surface area (TPSA) is 34.5 Å². The number of pyridine rings is 1. The minimum atomic E-state index is -0.0161. The fourth-order valence-corrected chi connectivity index (χ4v) is 2.89. The molecule has 0 aliphatic carbocycles. The first-order valence-corrected chi connectivity index (χ1v) is 6.91. The summed E-state index contributed by atoms with van der Waals surface area (Å²) in [7, 11) is 0. The van der Waals surface area contributed by atoms with Crippen molar-refractivity contribution >= 4 is 27.5 Å². The van der Waals surface area contributed by atoms with Crippen LogP contribution in [0.2, 0.25) is 0 Å². The van der Waals surface area contributed by atoms with Gasteiger partial charge in [-0.2, -0.15) is 0 Å². The summed E-state index contributed by atoms with van der Waals surface area (Å²) in [5.74, 6) is 0.582. The van der Waals surface area contributed by atoms with E-state index >= 15 is 0 Å². The Morgan fingerprint density at radius 2 is 2.11 bits per heavy atom. The van der Waals surface area contributed by atoms with Gasteiger partial charge < -0.3 is 4.74 Å². The molecule has 1 aromatic heterocycles. The molecule has 3 nitrogen and oxygen atoms in total. The summed E-state index contributed by atoms with van der Waals surface area (Å²) < 4.78 is 6.92. The van der Waals surface area contributed by atoms with Crippen molar-refractivity contribution in [3.05, 3.63) is 57.8 Å². The van der Waals surface area contributed by atoms with Gasteiger partial charge in [0.15, 0.2) is 0 Å². The van der Waals surface area contributed by atoms with E-state index in [4.69, 9.17) is 4.74 Å².